The molecule has 0 spiro atoms. The predicted molar refractivity (Wildman–Crippen MR) is 69.8 cm³/mol. The second-order valence-corrected chi connectivity index (χ2v) is 3.99. The summed E-state index contributed by atoms with van der Waals surface area (Å²) in [6, 6.07) is 3.82. The zero-order chi connectivity index (χ0) is 13.1. The smallest absolute Gasteiger partial charge is 0.130 e. The standard InChI is InChI=1S/C13H17N3O2/c1-8-4-9(17-2)5-12(18-3)13(8)10-7-15-16-11(10)6-14/h4-5,7H,6,14H2,1-3H3,(H,15,16). The molecule has 1 aromatic heterocycles. The summed E-state index contributed by atoms with van der Waals surface area (Å²) < 4.78 is 10.7. The second kappa shape index (κ2) is 5.10. The fourth-order valence-electron chi connectivity index (χ4n) is 2.03. The minimum atomic E-state index is 0.407. The average Bonchev–Trinajstić information content (AvgIpc) is 2.85. The van der Waals surface area contributed by atoms with Crippen molar-refractivity contribution < 1.29 is 9.47 Å². The third-order valence-electron chi connectivity index (χ3n) is 2.92. The molecule has 0 bridgehead atoms. The highest BCUT2D eigenvalue weighted by Crippen LogP contribution is 2.37. The van der Waals surface area contributed by atoms with Crippen LogP contribution in [0.15, 0.2) is 18.3 Å². The number of H-pyrrole nitrogens is 1. The van der Waals surface area contributed by atoms with Crippen molar-refractivity contribution in [2.75, 3.05) is 14.2 Å². The fourth-order valence-corrected chi connectivity index (χ4v) is 2.03. The molecular formula is C13H17N3O2. The number of nitrogens with two attached hydrogens (primary N) is 1. The maximum atomic E-state index is 5.69. The SMILES string of the molecule is COc1cc(C)c(-c2cn[nH]c2CN)c(OC)c1. The van der Waals surface area contributed by atoms with E-state index in [9.17, 15) is 0 Å². The summed E-state index contributed by atoms with van der Waals surface area (Å²) in [6.07, 6.45) is 1.76. The molecule has 0 aliphatic carbocycles. The summed E-state index contributed by atoms with van der Waals surface area (Å²) in [5, 5.41) is 6.94. The number of ether oxygens (including phenoxy) is 2. The Bertz CT molecular complexity index is 549. The highest BCUT2D eigenvalue weighted by atomic mass is 16.5. The first-order chi connectivity index (χ1) is 8.71. The van der Waals surface area contributed by atoms with Crippen molar-refractivity contribution in [1.82, 2.24) is 10.2 Å². The number of rotatable bonds is 4. The summed E-state index contributed by atoms with van der Waals surface area (Å²) >= 11 is 0. The van der Waals surface area contributed by atoms with E-state index in [4.69, 9.17) is 15.2 Å². The maximum Gasteiger partial charge on any atom is 0.130 e. The summed E-state index contributed by atoms with van der Waals surface area (Å²) in [6.45, 7) is 2.41. The van der Waals surface area contributed by atoms with Crippen molar-refractivity contribution in [1.29, 1.82) is 0 Å². The Kier molecular flexibility index (Phi) is 3.53. The molecule has 0 aliphatic rings. The Morgan fingerprint density at radius 2 is 2.06 bits per heavy atom. The first kappa shape index (κ1) is 12.4. The predicted octanol–water partition coefficient (Wildman–Crippen LogP) is 1.86. The van der Waals surface area contributed by atoms with Gasteiger partial charge in [0.15, 0.2) is 0 Å². The number of benzene rings is 1. The Morgan fingerprint density at radius 3 is 2.67 bits per heavy atom. The largest absolute Gasteiger partial charge is 0.497 e. The lowest BCUT2D eigenvalue weighted by molar-refractivity contribution is 0.395. The number of aromatic amines is 1. The van der Waals surface area contributed by atoms with Crippen LogP contribution in [0.1, 0.15) is 11.3 Å². The third-order valence-corrected chi connectivity index (χ3v) is 2.92. The number of hydrogen-bond donors (Lipinski definition) is 2. The molecule has 18 heavy (non-hydrogen) atoms. The van der Waals surface area contributed by atoms with Crippen LogP contribution in [0.2, 0.25) is 0 Å². The van der Waals surface area contributed by atoms with Gasteiger partial charge in [0.05, 0.1) is 26.1 Å². The highest BCUT2D eigenvalue weighted by Gasteiger charge is 2.15. The van der Waals surface area contributed by atoms with Crippen molar-refractivity contribution in [3.05, 3.63) is 29.6 Å². The Hall–Kier alpha value is -2.01. The fraction of sp³-hybridized carbons (Fsp3) is 0.308. The van der Waals surface area contributed by atoms with Crippen LogP contribution in [0.25, 0.3) is 11.1 Å². The molecule has 0 saturated carbocycles. The van der Waals surface area contributed by atoms with Crippen LogP contribution in [-0.4, -0.2) is 24.4 Å². The third kappa shape index (κ3) is 2.04. The van der Waals surface area contributed by atoms with E-state index >= 15 is 0 Å². The van der Waals surface area contributed by atoms with Crippen LogP contribution in [0, 0.1) is 6.92 Å². The van der Waals surface area contributed by atoms with Gasteiger partial charge in [-0.15, -0.1) is 0 Å². The molecule has 5 heteroatoms. The number of nitrogens with one attached hydrogen (secondary N) is 1. The van der Waals surface area contributed by atoms with E-state index in [1.54, 1.807) is 20.4 Å². The van der Waals surface area contributed by atoms with Crippen LogP contribution < -0.4 is 15.2 Å². The van der Waals surface area contributed by atoms with E-state index in [0.717, 1.165) is 33.9 Å². The lowest BCUT2D eigenvalue weighted by Crippen LogP contribution is -2.00. The average molecular weight is 247 g/mol. The number of aryl methyl sites for hydroxylation is 1. The summed E-state index contributed by atoms with van der Waals surface area (Å²) in [5.74, 6) is 1.52. The Labute approximate surface area is 106 Å². The molecule has 1 aromatic carbocycles. The summed E-state index contributed by atoms with van der Waals surface area (Å²) in [7, 11) is 3.27. The molecule has 0 amide bonds. The molecule has 0 aliphatic heterocycles. The van der Waals surface area contributed by atoms with Gasteiger partial charge in [0.2, 0.25) is 0 Å². The quantitative estimate of drug-likeness (QED) is 0.865. The van der Waals surface area contributed by atoms with Gasteiger partial charge < -0.3 is 15.2 Å². The molecule has 5 nitrogen and oxygen atoms in total. The Balaban J connectivity index is 2.63. The molecular weight excluding hydrogens is 230 g/mol. The molecule has 2 rings (SSSR count). The van der Waals surface area contributed by atoms with Gasteiger partial charge in [-0.1, -0.05) is 0 Å². The van der Waals surface area contributed by atoms with Gasteiger partial charge in [0.25, 0.3) is 0 Å². The van der Waals surface area contributed by atoms with Crippen LogP contribution in [0.5, 0.6) is 11.5 Å². The molecule has 3 N–H and O–H groups in total. The molecule has 0 fully saturated rings. The van der Waals surface area contributed by atoms with Gasteiger partial charge in [0.1, 0.15) is 11.5 Å². The first-order valence-electron chi connectivity index (χ1n) is 5.66. The molecule has 2 aromatic rings. The van der Waals surface area contributed by atoms with Crippen molar-refractivity contribution in [2.24, 2.45) is 5.73 Å². The van der Waals surface area contributed by atoms with Gasteiger partial charge in [-0.05, 0) is 18.6 Å². The first-order valence-corrected chi connectivity index (χ1v) is 5.66. The van der Waals surface area contributed by atoms with Gasteiger partial charge in [0, 0.05) is 23.7 Å². The topological polar surface area (TPSA) is 73.2 Å². The zero-order valence-corrected chi connectivity index (χ0v) is 10.8. The molecule has 96 valence electrons. The summed E-state index contributed by atoms with van der Waals surface area (Å²) in [4.78, 5) is 0. The number of aromatic nitrogens is 2. The minimum absolute atomic E-state index is 0.407. The van der Waals surface area contributed by atoms with Gasteiger partial charge in [-0.3, -0.25) is 5.10 Å². The van der Waals surface area contributed by atoms with Crippen molar-refractivity contribution >= 4 is 0 Å². The molecule has 0 atom stereocenters. The van der Waals surface area contributed by atoms with Crippen LogP contribution in [-0.2, 0) is 6.54 Å². The van der Waals surface area contributed by atoms with Crippen LogP contribution in [0.3, 0.4) is 0 Å². The van der Waals surface area contributed by atoms with Crippen molar-refractivity contribution in [2.45, 2.75) is 13.5 Å². The lowest BCUT2D eigenvalue weighted by Gasteiger charge is -2.13. The molecule has 0 radical (unpaired) electrons. The summed E-state index contributed by atoms with van der Waals surface area (Å²) in [5.41, 5.74) is 9.60. The number of nitrogens with zero attached hydrogens (tertiary/aromatic N) is 1. The van der Waals surface area contributed by atoms with Crippen LogP contribution in [0.4, 0.5) is 0 Å². The van der Waals surface area contributed by atoms with E-state index in [1.165, 1.54) is 0 Å². The molecule has 0 unspecified atom stereocenters. The van der Waals surface area contributed by atoms with Gasteiger partial charge >= 0.3 is 0 Å². The minimum Gasteiger partial charge on any atom is -0.497 e. The lowest BCUT2D eigenvalue weighted by atomic mass is 9.99. The molecule has 0 saturated heterocycles. The maximum absolute atomic E-state index is 5.69. The Morgan fingerprint density at radius 1 is 1.28 bits per heavy atom. The second-order valence-electron chi connectivity index (χ2n) is 3.99. The van der Waals surface area contributed by atoms with E-state index in [1.807, 2.05) is 19.1 Å². The normalized spacial score (nSPS) is 10.4. The van der Waals surface area contributed by atoms with E-state index < -0.39 is 0 Å². The molecule has 1 heterocycles. The van der Waals surface area contributed by atoms with E-state index in [-0.39, 0.29) is 0 Å². The number of methoxy groups -OCH3 is 2. The highest BCUT2D eigenvalue weighted by molar-refractivity contribution is 5.76. The monoisotopic (exact) mass is 247 g/mol. The van der Waals surface area contributed by atoms with Gasteiger partial charge in [-0.2, -0.15) is 5.10 Å². The number of hydrogen-bond acceptors (Lipinski definition) is 4. The van der Waals surface area contributed by atoms with Gasteiger partial charge in [-0.25, -0.2) is 0 Å². The van der Waals surface area contributed by atoms with Crippen LogP contribution >= 0.6 is 0 Å². The van der Waals surface area contributed by atoms with E-state index in [0.29, 0.717) is 6.54 Å². The van der Waals surface area contributed by atoms with Crippen molar-refractivity contribution in [3.63, 3.8) is 0 Å². The van der Waals surface area contributed by atoms with Crippen molar-refractivity contribution in [3.8, 4) is 22.6 Å². The zero-order valence-electron chi connectivity index (χ0n) is 10.8. The van der Waals surface area contributed by atoms with E-state index in [2.05, 4.69) is 10.2 Å².